The number of hydrogen-bond acceptors (Lipinski definition) is 6. The lowest BCUT2D eigenvalue weighted by Crippen LogP contribution is -2.41. The van der Waals surface area contributed by atoms with Gasteiger partial charge in [-0.1, -0.05) is 61.6 Å². The Kier molecular flexibility index (Phi) is 8.68. The van der Waals surface area contributed by atoms with Gasteiger partial charge in [0.1, 0.15) is 11.5 Å². The molecule has 0 unspecified atom stereocenters. The zero-order valence-corrected chi connectivity index (χ0v) is 18.8. The molecule has 0 N–H and O–H groups in total. The molecule has 3 aliphatic rings. The largest absolute Gasteiger partial charge is 0.461 e. The number of allylic oxidation sites excluding steroid dienone is 13. The van der Waals surface area contributed by atoms with Crippen LogP contribution in [0.1, 0.15) is 19.8 Å². The number of nitrogens with zero attached hydrogens (tertiary/aromatic N) is 1. The second kappa shape index (κ2) is 12.1. The van der Waals surface area contributed by atoms with E-state index in [1.54, 1.807) is 66.8 Å². The third-order valence-electron chi connectivity index (χ3n) is 4.95. The van der Waals surface area contributed by atoms with Crippen LogP contribution in [0, 0.1) is 0 Å². The fourth-order valence-electron chi connectivity index (χ4n) is 3.16. The quantitative estimate of drug-likeness (QED) is 0.439. The lowest BCUT2D eigenvalue weighted by Gasteiger charge is -2.24. The van der Waals surface area contributed by atoms with Crippen LogP contribution in [0.3, 0.4) is 0 Å². The SMILES string of the molecule is CC\C1=C/C=C/C=C/C=C2/C=CC=C(O2)C(=O)C(=O)N2CC=CC=C2C(=O)OCC/C=C/C1=O. The van der Waals surface area contributed by atoms with E-state index in [9.17, 15) is 19.2 Å². The molecule has 174 valence electrons. The van der Waals surface area contributed by atoms with Crippen LogP contribution in [0.5, 0.6) is 0 Å². The van der Waals surface area contributed by atoms with E-state index in [1.165, 1.54) is 18.2 Å². The second-order valence-electron chi connectivity index (χ2n) is 7.29. The molecule has 0 saturated carbocycles. The first-order valence-corrected chi connectivity index (χ1v) is 10.9. The molecule has 34 heavy (non-hydrogen) atoms. The van der Waals surface area contributed by atoms with Crippen LogP contribution in [0.15, 0.2) is 108 Å². The summed E-state index contributed by atoms with van der Waals surface area (Å²) < 4.78 is 10.8. The fourth-order valence-corrected chi connectivity index (χ4v) is 3.16. The van der Waals surface area contributed by atoms with Crippen LogP contribution in [-0.4, -0.2) is 41.5 Å². The Morgan fingerprint density at radius 1 is 0.853 bits per heavy atom. The fraction of sp³-hybridized carbons (Fsp3) is 0.185. The summed E-state index contributed by atoms with van der Waals surface area (Å²) in [5.74, 6) is -2.41. The number of ketones is 2. The molecule has 3 rings (SSSR count). The number of carbonyl (C=O) groups is 4. The van der Waals surface area contributed by atoms with Crippen molar-refractivity contribution >= 4 is 23.4 Å². The molecule has 7 nitrogen and oxygen atoms in total. The van der Waals surface area contributed by atoms with Gasteiger partial charge in [0.05, 0.1) is 6.61 Å². The monoisotopic (exact) mass is 459 g/mol. The van der Waals surface area contributed by atoms with E-state index in [1.807, 2.05) is 6.92 Å². The molecule has 1 amide bonds. The van der Waals surface area contributed by atoms with Crippen molar-refractivity contribution in [2.24, 2.45) is 0 Å². The Morgan fingerprint density at radius 2 is 1.65 bits per heavy atom. The molecule has 0 aliphatic carbocycles. The standard InChI is InChI=1S/C27H25NO6/c1-2-20-12-5-3-4-6-13-21-14-11-17-24(34-21)25(30)26(31)28-18-9-7-15-22(28)27(32)33-19-10-8-16-23(20)29/h3-9,11-17H,2,10,18-19H2,1H3/b5-3+,6-4+,16-8+,20-12+,21-13-. The molecule has 0 fully saturated rings. The molecule has 3 aliphatic heterocycles. The maximum absolute atomic E-state index is 12.9. The Bertz CT molecular complexity index is 1140. The molecule has 0 saturated heterocycles. The summed E-state index contributed by atoms with van der Waals surface area (Å²) in [5.41, 5.74) is 0.599. The van der Waals surface area contributed by atoms with E-state index >= 15 is 0 Å². The number of hydrogen-bond donors (Lipinski definition) is 0. The van der Waals surface area contributed by atoms with E-state index in [-0.39, 0.29) is 30.4 Å². The van der Waals surface area contributed by atoms with Gasteiger partial charge in [-0.25, -0.2) is 4.79 Å². The molecular formula is C27H25NO6. The summed E-state index contributed by atoms with van der Waals surface area (Å²) in [7, 11) is 0. The number of cyclic esters (lactones) is 1. The smallest absolute Gasteiger partial charge is 0.355 e. The van der Waals surface area contributed by atoms with Gasteiger partial charge in [0, 0.05) is 6.54 Å². The summed E-state index contributed by atoms with van der Waals surface area (Å²) >= 11 is 0. The normalized spacial score (nSPS) is 25.7. The lowest BCUT2D eigenvalue weighted by atomic mass is 10.1. The van der Waals surface area contributed by atoms with Gasteiger partial charge in [0.15, 0.2) is 11.5 Å². The zero-order chi connectivity index (χ0) is 24.3. The Balaban J connectivity index is 1.88. The number of ether oxygens (including phenoxy) is 2. The van der Waals surface area contributed by atoms with Crippen molar-refractivity contribution in [3.05, 3.63) is 108 Å². The topological polar surface area (TPSA) is 90.0 Å². The predicted octanol–water partition coefficient (Wildman–Crippen LogP) is 3.71. The van der Waals surface area contributed by atoms with Gasteiger partial charge in [-0.3, -0.25) is 19.3 Å². The summed E-state index contributed by atoms with van der Waals surface area (Å²) in [6.45, 7) is 1.96. The molecule has 2 bridgehead atoms. The average molecular weight is 459 g/mol. The highest BCUT2D eigenvalue weighted by Crippen LogP contribution is 2.19. The summed E-state index contributed by atoms with van der Waals surface area (Å²) in [5, 5.41) is 0. The van der Waals surface area contributed by atoms with Gasteiger partial charge in [-0.2, -0.15) is 0 Å². The predicted molar refractivity (Wildman–Crippen MR) is 127 cm³/mol. The highest BCUT2D eigenvalue weighted by atomic mass is 16.5. The van der Waals surface area contributed by atoms with Crippen LogP contribution in [0.4, 0.5) is 0 Å². The van der Waals surface area contributed by atoms with Gasteiger partial charge in [-0.05, 0) is 48.8 Å². The van der Waals surface area contributed by atoms with E-state index in [0.717, 1.165) is 4.90 Å². The Labute approximate surface area is 198 Å². The first-order chi connectivity index (χ1) is 16.5. The van der Waals surface area contributed by atoms with Gasteiger partial charge < -0.3 is 9.47 Å². The molecule has 0 aromatic rings. The third-order valence-corrected chi connectivity index (χ3v) is 4.95. The number of carbonyl (C=O) groups excluding carboxylic acids is 4. The van der Waals surface area contributed by atoms with Crippen molar-refractivity contribution < 1.29 is 28.7 Å². The number of Topliss-reactive ketones (excluding diaryl/α,β-unsaturated/α-hetero) is 1. The minimum atomic E-state index is -0.901. The molecule has 0 aromatic carbocycles. The third kappa shape index (κ3) is 6.38. The van der Waals surface area contributed by atoms with Gasteiger partial charge in [-0.15, -0.1) is 0 Å². The van der Waals surface area contributed by atoms with Crippen molar-refractivity contribution in [1.82, 2.24) is 4.90 Å². The molecule has 0 radical (unpaired) electrons. The van der Waals surface area contributed by atoms with Crippen molar-refractivity contribution in [2.45, 2.75) is 19.8 Å². The number of rotatable bonds is 1. The molecule has 3 heterocycles. The average Bonchev–Trinajstić information content (AvgIpc) is 2.86. The first kappa shape index (κ1) is 24.4. The minimum absolute atomic E-state index is 0.0166. The Hall–Kier alpha value is -4.26. The van der Waals surface area contributed by atoms with Gasteiger partial charge in [0.25, 0.3) is 5.78 Å². The molecule has 0 spiro atoms. The molecular weight excluding hydrogens is 434 g/mol. The summed E-state index contributed by atoms with van der Waals surface area (Å²) in [4.78, 5) is 51.7. The van der Waals surface area contributed by atoms with Crippen molar-refractivity contribution in [3.8, 4) is 0 Å². The van der Waals surface area contributed by atoms with Crippen LogP contribution < -0.4 is 0 Å². The van der Waals surface area contributed by atoms with Gasteiger partial charge >= 0.3 is 11.9 Å². The van der Waals surface area contributed by atoms with E-state index in [4.69, 9.17) is 9.47 Å². The second-order valence-corrected chi connectivity index (χ2v) is 7.29. The maximum atomic E-state index is 12.9. The summed E-state index contributed by atoms with van der Waals surface area (Å²) in [6.07, 6.45) is 23.7. The highest BCUT2D eigenvalue weighted by molar-refractivity contribution is 6.42. The van der Waals surface area contributed by atoms with Crippen molar-refractivity contribution in [3.63, 3.8) is 0 Å². The molecule has 7 heteroatoms. The number of fused-ring (bicyclic) bond motifs is 3. The summed E-state index contributed by atoms with van der Waals surface area (Å²) in [6, 6.07) is 0. The zero-order valence-electron chi connectivity index (χ0n) is 18.8. The first-order valence-electron chi connectivity index (χ1n) is 10.9. The highest BCUT2D eigenvalue weighted by Gasteiger charge is 2.32. The number of esters is 1. The van der Waals surface area contributed by atoms with Gasteiger partial charge in [0.2, 0.25) is 0 Å². The van der Waals surface area contributed by atoms with Crippen molar-refractivity contribution in [1.29, 1.82) is 0 Å². The number of amides is 1. The van der Waals surface area contributed by atoms with Crippen molar-refractivity contribution in [2.75, 3.05) is 13.2 Å². The van der Waals surface area contributed by atoms with Crippen LogP contribution >= 0.6 is 0 Å². The van der Waals surface area contributed by atoms with Crippen LogP contribution in [0.2, 0.25) is 0 Å². The van der Waals surface area contributed by atoms with E-state index < -0.39 is 17.7 Å². The van der Waals surface area contributed by atoms with E-state index in [0.29, 0.717) is 24.2 Å². The van der Waals surface area contributed by atoms with Crippen LogP contribution in [-0.2, 0) is 28.7 Å². The Morgan fingerprint density at radius 3 is 2.44 bits per heavy atom. The lowest BCUT2D eigenvalue weighted by molar-refractivity contribution is -0.147. The maximum Gasteiger partial charge on any atom is 0.355 e. The molecule has 0 atom stereocenters. The van der Waals surface area contributed by atoms with Crippen LogP contribution in [0.25, 0.3) is 0 Å². The van der Waals surface area contributed by atoms with E-state index in [2.05, 4.69) is 0 Å². The minimum Gasteiger partial charge on any atom is -0.461 e. The molecule has 0 aromatic heterocycles.